The number of carbonyl (C=O) groups excluding carboxylic acids is 3. The van der Waals surface area contributed by atoms with Crippen molar-refractivity contribution >= 4 is 34.9 Å². The van der Waals surface area contributed by atoms with Gasteiger partial charge in [0.25, 0.3) is 0 Å². The van der Waals surface area contributed by atoms with Crippen LogP contribution in [-0.4, -0.2) is 79.5 Å². The fraction of sp³-hybridized carbons (Fsp3) is 0.511. The Morgan fingerprint density at radius 1 is 1.00 bits per heavy atom. The topological polar surface area (TPSA) is 179 Å². The first-order valence-corrected chi connectivity index (χ1v) is 20.8. The van der Waals surface area contributed by atoms with Crippen LogP contribution < -0.4 is 34.7 Å². The standard InChI is InChI=1S/C47H60FNO10.Na/c1-6-28(4)47(57)59-42-24-35(52)21-31-12-11-29(5)38(46(31)42)19-17-34(51)23-37(26-43(54)55)58-44(56)25-36(53)22-33(50)18-20-41-45(30-13-15-32(48)16-14-30)39-9-7-8-10-40(39)49(41)27(2)3;/h7-16,18,20-21,27-29,33-38,42,46,50-53H,6,17,19,22-26H2,1-5H3,(H,54,55);/q;+1/p-1/b20-18+;/t28-,29-,33-,34+,35+,36-,37+,38-,42-,46-;/m0./s1. The summed E-state index contributed by atoms with van der Waals surface area (Å²) in [7, 11) is 0. The summed E-state index contributed by atoms with van der Waals surface area (Å²) in [5, 5.41) is 56.0. The number of rotatable bonds is 19. The Hall–Kier alpha value is -3.62. The number of ether oxygens (including phenoxy) is 2. The van der Waals surface area contributed by atoms with Crippen molar-refractivity contribution in [1.29, 1.82) is 0 Å². The minimum Gasteiger partial charge on any atom is -0.550 e. The molecule has 0 spiro atoms. The Morgan fingerprint density at radius 2 is 1.70 bits per heavy atom. The number of carboxylic acid groups (broad SMARTS) is 1. The van der Waals surface area contributed by atoms with Crippen molar-refractivity contribution < 1.29 is 83.3 Å². The zero-order chi connectivity index (χ0) is 43.0. The molecule has 13 heteroatoms. The van der Waals surface area contributed by atoms with Gasteiger partial charge in [-0.15, -0.1) is 0 Å². The van der Waals surface area contributed by atoms with Gasteiger partial charge in [-0.3, -0.25) is 9.59 Å². The predicted molar refractivity (Wildman–Crippen MR) is 221 cm³/mol. The Bertz CT molecular complexity index is 2010. The number of hydrogen-bond donors (Lipinski definition) is 4. The summed E-state index contributed by atoms with van der Waals surface area (Å²) in [4.78, 5) is 37.4. The molecule has 11 nitrogen and oxygen atoms in total. The van der Waals surface area contributed by atoms with Crippen LogP contribution in [0.3, 0.4) is 0 Å². The second-order valence-electron chi connectivity index (χ2n) is 16.6. The summed E-state index contributed by atoms with van der Waals surface area (Å²) in [6.45, 7) is 9.81. The Kier molecular flexibility index (Phi) is 18.4. The van der Waals surface area contributed by atoms with Gasteiger partial charge in [0.1, 0.15) is 18.0 Å². The fourth-order valence-corrected chi connectivity index (χ4v) is 8.58. The molecule has 2 aliphatic carbocycles. The van der Waals surface area contributed by atoms with Crippen LogP contribution in [0.1, 0.15) is 97.7 Å². The third-order valence-corrected chi connectivity index (χ3v) is 11.7. The van der Waals surface area contributed by atoms with Gasteiger partial charge in [-0.2, -0.15) is 0 Å². The van der Waals surface area contributed by atoms with E-state index in [1.54, 1.807) is 31.2 Å². The van der Waals surface area contributed by atoms with E-state index in [1.165, 1.54) is 18.2 Å². The molecular formula is C47H59FNNaO10. The van der Waals surface area contributed by atoms with Crippen LogP contribution in [0.15, 0.2) is 78.4 Å². The number of hydrogen-bond acceptors (Lipinski definition) is 10. The maximum absolute atomic E-state index is 13.9. The first-order valence-electron chi connectivity index (χ1n) is 20.8. The van der Waals surface area contributed by atoms with Gasteiger partial charge in [0.2, 0.25) is 0 Å². The van der Waals surface area contributed by atoms with E-state index in [0.717, 1.165) is 33.3 Å². The van der Waals surface area contributed by atoms with Crippen molar-refractivity contribution in [1.82, 2.24) is 4.57 Å². The number of esters is 2. The van der Waals surface area contributed by atoms with Crippen molar-refractivity contribution in [2.24, 2.45) is 23.7 Å². The van der Waals surface area contributed by atoms with E-state index < -0.39 is 61.4 Å². The maximum atomic E-state index is 13.9. The molecule has 3 aromatic rings. The van der Waals surface area contributed by atoms with Crippen LogP contribution in [0.4, 0.5) is 4.39 Å². The molecule has 0 fully saturated rings. The molecule has 0 bridgehead atoms. The number of aliphatic hydroxyl groups excluding tert-OH is 4. The van der Waals surface area contributed by atoms with Crippen LogP contribution in [0, 0.1) is 29.5 Å². The van der Waals surface area contributed by atoms with Gasteiger partial charge in [-0.25, -0.2) is 4.39 Å². The van der Waals surface area contributed by atoms with Gasteiger partial charge < -0.3 is 44.4 Å². The normalized spacial score (nSPS) is 22.6. The molecule has 0 radical (unpaired) electrons. The van der Waals surface area contributed by atoms with Gasteiger partial charge in [-0.05, 0) is 80.4 Å². The van der Waals surface area contributed by atoms with E-state index in [2.05, 4.69) is 4.57 Å². The number of allylic oxidation sites excluding steroid dienone is 2. The quantitative estimate of drug-likeness (QED) is 0.104. The number of fused-ring (bicyclic) bond motifs is 2. The van der Waals surface area contributed by atoms with Gasteiger partial charge in [0.15, 0.2) is 0 Å². The molecule has 4 N–H and O–H groups in total. The summed E-state index contributed by atoms with van der Waals surface area (Å²) in [5.74, 6) is -3.52. The van der Waals surface area contributed by atoms with E-state index in [4.69, 9.17) is 9.47 Å². The first-order chi connectivity index (χ1) is 28.1. The zero-order valence-electron chi connectivity index (χ0n) is 35.6. The summed E-state index contributed by atoms with van der Waals surface area (Å²) in [5.41, 5.74) is 4.26. The SMILES string of the molecule is CC[C@H](C)C(=O)O[C@H]1C[C@H](O)C=C2C=C[C@H](C)[C@H](CC[C@@H](O)C[C@H](CC(=O)[O-])OC(=O)C[C@@H](O)C[C@@H](O)/C=C/c3c(-c4ccc(F)cc4)c4ccccc4n3C(C)C)[C@H]21.[Na+]. The van der Waals surface area contributed by atoms with Crippen LogP contribution in [0.5, 0.6) is 0 Å². The zero-order valence-corrected chi connectivity index (χ0v) is 37.6. The maximum Gasteiger partial charge on any atom is 1.00 e. The Balaban J connectivity index is 0.00000794. The molecule has 1 heterocycles. The first kappa shape index (κ1) is 49.0. The number of carboxylic acids is 1. The second-order valence-corrected chi connectivity index (χ2v) is 16.6. The molecule has 320 valence electrons. The minimum atomic E-state index is -1.47. The summed E-state index contributed by atoms with van der Waals surface area (Å²) in [6, 6.07) is 14.1. The summed E-state index contributed by atoms with van der Waals surface area (Å²) >= 11 is 0. The van der Waals surface area contributed by atoms with Gasteiger partial charge in [-0.1, -0.05) is 75.4 Å². The molecule has 5 rings (SSSR count). The van der Waals surface area contributed by atoms with Crippen molar-refractivity contribution in [3.05, 3.63) is 89.9 Å². The van der Waals surface area contributed by atoms with Crippen LogP contribution in [-0.2, 0) is 23.9 Å². The van der Waals surface area contributed by atoms with Crippen LogP contribution >= 0.6 is 0 Å². The number of para-hydroxylation sites is 1. The average Bonchev–Trinajstić information content (AvgIpc) is 3.50. The van der Waals surface area contributed by atoms with Crippen molar-refractivity contribution in [2.45, 2.75) is 129 Å². The number of carbonyl (C=O) groups is 3. The number of aliphatic hydroxyl groups is 4. The van der Waals surface area contributed by atoms with E-state index in [1.807, 2.05) is 64.1 Å². The summed E-state index contributed by atoms with van der Waals surface area (Å²) < 4.78 is 27.4. The third-order valence-electron chi connectivity index (χ3n) is 11.7. The number of nitrogens with zero attached hydrogens (tertiary/aromatic N) is 1. The number of benzene rings is 2. The number of aromatic nitrogens is 1. The smallest absolute Gasteiger partial charge is 0.550 e. The van der Waals surface area contributed by atoms with Gasteiger partial charge in [0, 0.05) is 65.8 Å². The Labute approximate surface area is 374 Å². The molecular weight excluding hydrogens is 781 g/mol. The molecule has 0 saturated heterocycles. The molecule has 0 saturated carbocycles. The largest absolute Gasteiger partial charge is 1.00 e. The van der Waals surface area contributed by atoms with E-state index in [9.17, 15) is 44.3 Å². The van der Waals surface area contributed by atoms with Gasteiger partial charge >= 0.3 is 41.5 Å². The van der Waals surface area contributed by atoms with Gasteiger partial charge in [0.05, 0.1) is 36.8 Å². The molecule has 60 heavy (non-hydrogen) atoms. The van der Waals surface area contributed by atoms with Crippen molar-refractivity contribution in [3.8, 4) is 11.1 Å². The minimum absolute atomic E-state index is 0. The van der Waals surface area contributed by atoms with Crippen LogP contribution in [0.25, 0.3) is 28.1 Å². The van der Waals surface area contributed by atoms with E-state index >= 15 is 0 Å². The Morgan fingerprint density at radius 3 is 2.37 bits per heavy atom. The monoisotopic (exact) mass is 839 g/mol. The average molecular weight is 840 g/mol. The molecule has 2 aromatic carbocycles. The van der Waals surface area contributed by atoms with E-state index in [0.29, 0.717) is 12.8 Å². The van der Waals surface area contributed by atoms with Crippen molar-refractivity contribution in [3.63, 3.8) is 0 Å². The second kappa shape index (κ2) is 22.5. The van der Waals surface area contributed by atoms with E-state index in [-0.39, 0.29) is 96.7 Å². The number of aliphatic carboxylic acids is 1. The molecule has 0 aliphatic heterocycles. The molecule has 0 unspecified atom stereocenters. The van der Waals surface area contributed by atoms with Crippen LogP contribution in [0.2, 0.25) is 0 Å². The number of halogens is 1. The summed E-state index contributed by atoms with van der Waals surface area (Å²) in [6.07, 6.45) is 2.99. The molecule has 1 aromatic heterocycles. The predicted octanol–water partition coefficient (Wildman–Crippen LogP) is 3.22. The molecule has 2 aliphatic rings. The molecule has 10 atom stereocenters. The third kappa shape index (κ3) is 12.7. The molecule has 0 amide bonds. The van der Waals surface area contributed by atoms with Crippen molar-refractivity contribution in [2.75, 3.05) is 0 Å². The fourth-order valence-electron chi connectivity index (χ4n) is 8.58.